The number of nitrogens with one attached hydrogen (secondary N) is 1. The van der Waals surface area contributed by atoms with E-state index in [0.29, 0.717) is 5.82 Å². The second-order valence-electron chi connectivity index (χ2n) is 5.70. The molecule has 1 N–H and O–H groups in total. The molecule has 0 unspecified atom stereocenters. The molecule has 0 radical (unpaired) electrons. The van der Waals surface area contributed by atoms with E-state index in [1.807, 2.05) is 0 Å². The van der Waals surface area contributed by atoms with Gasteiger partial charge in [0.05, 0.1) is 0 Å². The molecule has 4 nitrogen and oxygen atoms in total. The van der Waals surface area contributed by atoms with E-state index in [1.165, 1.54) is 44.8 Å². The first-order chi connectivity index (χ1) is 9.57. The molecule has 0 amide bonds. The minimum Gasteiger partial charge on any atom is -0.369 e. The van der Waals surface area contributed by atoms with Crippen molar-refractivity contribution in [3.05, 3.63) is 18.3 Å². The zero-order valence-electron chi connectivity index (χ0n) is 12.1. The van der Waals surface area contributed by atoms with Crippen molar-refractivity contribution in [3.8, 4) is 0 Å². The average Bonchev–Trinajstić information content (AvgIpc) is 2.91. The van der Waals surface area contributed by atoms with Crippen LogP contribution in [0, 0.1) is 5.92 Å². The van der Waals surface area contributed by atoms with Crippen LogP contribution in [0.3, 0.4) is 0 Å². The van der Waals surface area contributed by atoms with Crippen LogP contribution >= 0.6 is 0 Å². The van der Waals surface area contributed by atoms with Gasteiger partial charge in [0.1, 0.15) is 10.7 Å². The summed E-state index contributed by atoms with van der Waals surface area (Å²) in [6.45, 7) is 0.784. The van der Waals surface area contributed by atoms with Crippen LogP contribution in [0.1, 0.15) is 44.9 Å². The quantitative estimate of drug-likeness (QED) is 0.785. The molecule has 20 heavy (non-hydrogen) atoms. The van der Waals surface area contributed by atoms with Crippen LogP contribution in [0.15, 0.2) is 23.2 Å². The Kier molecular flexibility index (Phi) is 5.40. The van der Waals surface area contributed by atoms with Crippen molar-refractivity contribution in [1.29, 1.82) is 0 Å². The number of unbranched alkanes of at least 4 members (excludes halogenated alkanes) is 1. The molecular formula is C15H24N2O2S. The molecule has 1 aliphatic rings. The van der Waals surface area contributed by atoms with E-state index in [2.05, 4.69) is 10.3 Å². The van der Waals surface area contributed by atoms with Gasteiger partial charge in [-0.1, -0.05) is 38.5 Å². The lowest BCUT2D eigenvalue weighted by atomic mass is 10.0. The van der Waals surface area contributed by atoms with Crippen LogP contribution in [-0.4, -0.2) is 26.2 Å². The van der Waals surface area contributed by atoms with Gasteiger partial charge in [0.2, 0.25) is 0 Å². The Morgan fingerprint density at radius 1 is 1.30 bits per heavy atom. The van der Waals surface area contributed by atoms with Crippen LogP contribution in [0.25, 0.3) is 0 Å². The predicted molar refractivity (Wildman–Crippen MR) is 81.6 cm³/mol. The normalized spacial score (nSPS) is 16.4. The monoisotopic (exact) mass is 296 g/mol. The summed E-state index contributed by atoms with van der Waals surface area (Å²) in [5, 5.41) is 3.15. The van der Waals surface area contributed by atoms with Gasteiger partial charge in [-0.05, 0) is 24.5 Å². The third-order valence-electron chi connectivity index (χ3n) is 3.98. The molecule has 1 saturated carbocycles. The van der Waals surface area contributed by atoms with Crippen molar-refractivity contribution in [2.45, 2.75) is 49.8 Å². The standard InChI is InChI=1S/C15H24N2O2S/c1-20(18,19)14-10-6-12-17-15(14)16-11-5-4-9-13-7-2-3-8-13/h6,10,12-13H,2-5,7-9,11H2,1H3,(H,16,17). The van der Waals surface area contributed by atoms with Gasteiger partial charge in [0, 0.05) is 19.0 Å². The fourth-order valence-corrected chi connectivity index (χ4v) is 3.69. The van der Waals surface area contributed by atoms with E-state index in [9.17, 15) is 8.42 Å². The molecule has 0 saturated heterocycles. The maximum absolute atomic E-state index is 11.6. The SMILES string of the molecule is CS(=O)(=O)c1cccnc1NCCCCC1CCCC1. The predicted octanol–water partition coefficient (Wildman–Crippen LogP) is 3.26. The summed E-state index contributed by atoms with van der Waals surface area (Å²) in [6.07, 6.45) is 12.0. The highest BCUT2D eigenvalue weighted by Crippen LogP contribution is 2.28. The third kappa shape index (κ3) is 4.47. The Balaban J connectivity index is 1.76. The topological polar surface area (TPSA) is 59.1 Å². The molecule has 0 aliphatic heterocycles. The molecule has 1 fully saturated rings. The van der Waals surface area contributed by atoms with Gasteiger partial charge in [0.15, 0.2) is 9.84 Å². The number of hydrogen-bond donors (Lipinski definition) is 1. The first-order valence-electron chi connectivity index (χ1n) is 7.46. The van der Waals surface area contributed by atoms with Crippen molar-refractivity contribution in [2.24, 2.45) is 5.92 Å². The summed E-state index contributed by atoms with van der Waals surface area (Å²) in [6, 6.07) is 3.25. The van der Waals surface area contributed by atoms with Gasteiger partial charge in [-0.2, -0.15) is 0 Å². The number of anilines is 1. The maximum atomic E-state index is 11.6. The van der Waals surface area contributed by atoms with E-state index >= 15 is 0 Å². The first-order valence-corrected chi connectivity index (χ1v) is 9.35. The maximum Gasteiger partial charge on any atom is 0.179 e. The van der Waals surface area contributed by atoms with Crippen molar-refractivity contribution >= 4 is 15.7 Å². The molecule has 5 heteroatoms. The number of nitrogens with zero attached hydrogens (tertiary/aromatic N) is 1. The molecule has 2 rings (SSSR count). The van der Waals surface area contributed by atoms with Crippen molar-refractivity contribution in [3.63, 3.8) is 0 Å². The molecule has 1 aromatic heterocycles. The van der Waals surface area contributed by atoms with E-state index < -0.39 is 9.84 Å². The van der Waals surface area contributed by atoms with Crippen molar-refractivity contribution < 1.29 is 8.42 Å². The lowest BCUT2D eigenvalue weighted by Gasteiger charge is -2.11. The Bertz CT molecular complexity index is 522. The summed E-state index contributed by atoms with van der Waals surface area (Å²) in [5.41, 5.74) is 0. The molecule has 0 atom stereocenters. The van der Waals surface area contributed by atoms with Gasteiger partial charge in [-0.15, -0.1) is 0 Å². The highest BCUT2D eigenvalue weighted by molar-refractivity contribution is 7.90. The van der Waals surface area contributed by atoms with E-state index in [1.54, 1.807) is 18.3 Å². The fraction of sp³-hybridized carbons (Fsp3) is 0.667. The van der Waals surface area contributed by atoms with Gasteiger partial charge in [0.25, 0.3) is 0 Å². The largest absolute Gasteiger partial charge is 0.369 e. The summed E-state index contributed by atoms with van der Waals surface area (Å²) in [4.78, 5) is 4.42. The Labute approximate surface area is 121 Å². The number of sulfone groups is 1. The lowest BCUT2D eigenvalue weighted by Crippen LogP contribution is -2.09. The van der Waals surface area contributed by atoms with Crippen LogP contribution in [-0.2, 0) is 9.84 Å². The van der Waals surface area contributed by atoms with E-state index in [0.717, 1.165) is 18.9 Å². The molecule has 1 aliphatic carbocycles. The second-order valence-corrected chi connectivity index (χ2v) is 7.68. The van der Waals surface area contributed by atoms with Crippen LogP contribution < -0.4 is 5.32 Å². The van der Waals surface area contributed by atoms with Gasteiger partial charge >= 0.3 is 0 Å². The highest BCUT2D eigenvalue weighted by atomic mass is 32.2. The Morgan fingerprint density at radius 3 is 2.75 bits per heavy atom. The van der Waals surface area contributed by atoms with Crippen LogP contribution in [0.4, 0.5) is 5.82 Å². The zero-order valence-corrected chi connectivity index (χ0v) is 13.0. The minimum absolute atomic E-state index is 0.288. The van der Waals surface area contributed by atoms with Gasteiger partial charge < -0.3 is 5.32 Å². The van der Waals surface area contributed by atoms with E-state index in [4.69, 9.17) is 0 Å². The minimum atomic E-state index is -3.21. The number of aromatic nitrogens is 1. The van der Waals surface area contributed by atoms with Crippen molar-refractivity contribution in [1.82, 2.24) is 4.98 Å². The number of pyridine rings is 1. The smallest absolute Gasteiger partial charge is 0.179 e. The Hall–Kier alpha value is -1.10. The van der Waals surface area contributed by atoms with Gasteiger partial charge in [-0.25, -0.2) is 13.4 Å². The summed E-state index contributed by atoms with van der Waals surface area (Å²) < 4.78 is 23.3. The van der Waals surface area contributed by atoms with Crippen LogP contribution in [0.5, 0.6) is 0 Å². The molecule has 0 spiro atoms. The number of hydrogen-bond acceptors (Lipinski definition) is 4. The first kappa shape index (κ1) is 15.3. The fourth-order valence-electron chi connectivity index (χ4n) is 2.89. The molecule has 1 aromatic rings. The highest BCUT2D eigenvalue weighted by Gasteiger charge is 2.15. The Morgan fingerprint density at radius 2 is 2.05 bits per heavy atom. The average molecular weight is 296 g/mol. The summed E-state index contributed by atoms with van der Waals surface area (Å²) in [7, 11) is -3.21. The third-order valence-corrected chi connectivity index (χ3v) is 5.10. The molecule has 112 valence electrons. The van der Waals surface area contributed by atoms with E-state index in [-0.39, 0.29) is 4.90 Å². The van der Waals surface area contributed by atoms with Crippen molar-refractivity contribution in [2.75, 3.05) is 18.1 Å². The summed E-state index contributed by atoms with van der Waals surface area (Å²) in [5.74, 6) is 1.41. The molecule has 0 bridgehead atoms. The number of rotatable bonds is 7. The summed E-state index contributed by atoms with van der Waals surface area (Å²) >= 11 is 0. The molecule has 0 aromatic carbocycles. The molecule has 1 heterocycles. The van der Waals surface area contributed by atoms with Crippen LogP contribution in [0.2, 0.25) is 0 Å². The molecular weight excluding hydrogens is 272 g/mol. The lowest BCUT2D eigenvalue weighted by molar-refractivity contribution is 0.477. The zero-order chi connectivity index (χ0) is 14.4. The second kappa shape index (κ2) is 7.07. The van der Waals surface area contributed by atoms with Gasteiger partial charge in [-0.3, -0.25) is 0 Å².